The maximum Gasteiger partial charge on any atom is 0.229 e. The number of anilines is 1. The van der Waals surface area contributed by atoms with E-state index in [9.17, 15) is 9.90 Å². The number of nitrogens with one attached hydrogen (secondary N) is 1. The zero-order chi connectivity index (χ0) is 13.8. The van der Waals surface area contributed by atoms with Gasteiger partial charge in [0.2, 0.25) is 11.0 Å². The average molecular weight is 318 g/mol. The lowest BCUT2D eigenvalue weighted by atomic mass is 10.1. The number of benzene rings is 1. The quantitative estimate of drug-likeness (QED) is 0.909. The molecule has 1 aromatic heterocycles. The largest absolute Gasteiger partial charge is 0.388 e. The molecule has 8 heteroatoms. The molecule has 2 N–H and O–H groups in total. The third kappa shape index (κ3) is 4.14. The topological polar surface area (TPSA) is 75.1 Å². The number of aliphatic hydroxyl groups excluding tert-OH is 1. The number of amides is 1. The fourth-order valence-corrected chi connectivity index (χ4v) is 2.46. The Morgan fingerprint density at radius 3 is 2.63 bits per heavy atom. The van der Waals surface area contributed by atoms with Crippen LogP contribution in [0.3, 0.4) is 0 Å². The Labute approximate surface area is 123 Å². The lowest BCUT2D eigenvalue weighted by Gasteiger charge is -2.11. The van der Waals surface area contributed by atoms with E-state index in [0.717, 1.165) is 0 Å². The van der Waals surface area contributed by atoms with Gasteiger partial charge in [0.25, 0.3) is 0 Å². The van der Waals surface area contributed by atoms with Crippen LogP contribution in [0, 0.1) is 0 Å². The van der Waals surface area contributed by atoms with Crippen molar-refractivity contribution >= 4 is 45.6 Å². The maximum atomic E-state index is 11.7. The van der Waals surface area contributed by atoms with Crippen molar-refractivity contribution in [3.63, 3.8) is 0 Å². The van der Waals surface area contributed by atoms with Gasteiger partial charge in [-0.1, -0.05) is 34.5 Å². The van der Waals surface area contributed by atoms with Crippen LogP contribution in [0.25, 0.3) is 0 Å². The molecule has 0 saturated carbocycles. The summed E-state index contributed by atoms with van der Waals surface area (Å²) < 4.78 is 0. The summed E-state index contributed by atoms with van der Waals surface area (Å²) in [5.41, 5.74) is 1.99. The Kier molecular flexibility index (Phi) is 4.71. The molecule has 0 saturated heterocycles. The molecule has 2 aromatic rings. The number of hydrogen-bond acceptors (Lipinski definition) is 5. The van der Waals surface area contributed by atoms with Gasteiger partial charge in [-0.15, -0.1) is 10.2 Å². The molecular formula is C11H9Cl2N3O2S. The highest BCUT2D eigenvalue weighted by Gasteiger charge is 2.15. The molecule has 5 nitrogen and oxygen atoms in total. The second-order valence-electron chi connectivity index (χ2n) is 3.71. The molecule has 0 aliphatic carbocycles. The van der Waals surface area contributed by atoms with Crippen LogP contribution in [0.4, 0.5) is 5.13 Å². The number of carbonyl (C=O) groups excluding carboxylic acids is 1. The summed E-state index contributed by atoms with van der Waals surface area (Å²) >= 11 is 12.9. The third-order valence-corrected chi connectivity index (χ3v) is 3.30. The number of aromatic nitrogens is 2. The number of hydrogen-bond donors (Lipinski definition) is 2. The van der Waals surface area contributed by atoms with E-state index in [2.05, 4.69) is 15.5 Å². The van der Waals surface area contributed by atoms with Gasteiger partial charge in [0.15, 0.2) is 0 Å². The summed E-state index contributed by atoms with van der Waals surface area (Å²) in [5, 5.41) is 21.0. The first kappa shape index (κ1) is 14.2. The number of rotatable bonds is 4. The molecule has 0 radical (unpaired) electrons. The van der Waals surface area contributed by atoms with Crippen LogP contribution in [0.15, 0.2) is 23.7 Å². The molecule has 100 valence electrons. The standard InChI is InChI=1S/C11H9Cl2N3O2S/c12-7-1-6(2-8(13)3-7)9(17)4-10(18)15-11-16-14-5-19-11/h1-3,5,9,17H,4H2,(H,15,16,18). The van der Waals surface area contributed by atoms with Gasteiger partial charge in [0.1, 0.15) is 5.51 Å². The molecule has 0 fully saturated rings. The van der Waals surface area contributed by atoms with Gasteiger partial charge in [-0.05, 0) is 23.8 Å². The first-order valence-electron chi connectivity index (χ1n) is 5.24. The van der Waals surface area contributed by atoms with Crippen LogP contribution in [0.5, 0.6) is 0 Å². The third-order valence-electron chi connectivity index (χ3n) is 2.25. The van der Waals surface area contributed by atoms with E-state index >= 15 is 0 Å². The van der Waals surface area contributed by atoms with Crippen molar-refractivity contribution in [3.8, 4) is 0 Å². The molecule has 1 heterocycles. The number of halogens is 2. The zero-order valence-corrected chi connectivity index (χ0v) is 11.8. The van der Waals surface area contributed by atoms with E-state index in [0.29, 0.717) is 20.7 Å². The Morgan fingerprint density at radius 2 is 2.05 bits per heavy atom. The van der Waals surface area contributed by atoms with Crippen molar-refractivity contribution in [2.24, 2.45) is 0 Å². The van der Waals surface area contributed by atoms with Crippen molar-refractivity contribution in [2.45, 2.75) is 12.5 Å². The summed E-state index contributed by atoms with van der Waals surface area (Å²) in [4.78, 5) is 11.7. The van der Waals surface area contributed by atoms with Gasteiger partial charge in [-0.25, -0.2) is 0 Å². The molecule has 1 atom stereocenters. The Hall–Kier alpha value is -1.21. The minimum Gasteiger partial charge on any atom is -0.388 e. The summed E-state index contributed by atoms with van der Waals surface area (Å²) in [5.74, 6) is -0.361. The summed E-state index contributed by atoms with van der Waals surface area (Å²) in [6.07, 6.45) is -1.10. The highest BCUT2D eigenvalue weighted by atomic mass is 35.5. The second kappa shape index (κ2) is 6.29. The first-order valence-corrected chi connectivity index (χ1v) is 6.88. The van der Waals surface area contributed by atoms with Crippen molar-refractivity contribution in [3.05, 3.63) is 39.3 Å². The Balaban J connectivity index is 2.00. The molecule has 2 rings (SSSR count). The number of aliphatic hydroxyl groups is 1. The minimum absolute atomic E-state index is 0.115. The maximum absolute atomic E-state index is 11.7. The SMILES string of the molecule is O=C(CC(O)c1cc(Cl)cc(Cl)c1)Nc1nncs1. The van der Waals surface area contributed by atoms with Crippen molar-refractivity contribution in [1.29, 1.82) is 0 Å². The van der Waals surface area contributed by atoms with E-state index in [1.54, 1.807) is 18.2 Å². The van der Waals surface area contributed by atoms with E-state index in [1.165, 1.54) is 16.8 Å². The lowest BCUT2D eigenvalue weighted by Crippen LogP contribution is -2.15. The fraction of sp³-hybridized carbons (Fsp3) is 0.182. The normalized spacial score (nSPS) is 12.2. The van der Waals surface area contributed by atoms with Gasteiger partial charge in [0.05, 0.1) is 12.5 Å². The summed E-state index contributed by atoms with van der Waals surface area (Å²) in [6.45, 7) is 0. The summed E-state index contributed by atoms with van der Waals surface area (Å²) in [6, 6.07) is 4.69. The predicted molar refractivity (Wildman–Crippen MR) is 74.6 cm³/mol. The summed E-state index contributed by atoms with van der Waals surface area (Å²) in [7, 11) is 0. The van der Waals surface area contributed by atoms with Gasteiger partial charge in [-0.2, -0.15) is 0 Å². The van der Waals surface area contributed by atoms with E-state index in [-0.39, 0.29) is 12.3 Å². The number of carbonyl (C=O) groups is 1. The van der Waals surface area contributed by atoms with Crippen molar-refractivity contribution in [2.75, 3.05) is 5.32 Å². The van der Waals surface area contributed by atoms with Crippen LogP contribution in [-0.2, 0) is 4.79 Å². The first-order chi connectivity index (χ1) is 9.04. The average Bonchev–Trinajstić information content (AvgIpc) is 2.80. The Bertz CT molecular complexity index is 557. The molecule has 0 aliphatic heterocycles. The highest BCUT2D eigenvalue weighted by Crippen LogP contribution is 2.25. The van der Waals surface area contributed by atoms with E-state index in [4.69, 9.17) is 23.2 Å². The van der Waals surface area contributed by atoms with Crippen LogP contribution in [0.1, 0.15) is 18.1 Å². The smallest absolute Gasteiger partial charge is 0.229 e. The van der Waals surface area contributed by atoms with Crippen LogP contribution in [0.2, 0.25) is 10.0 Å². The van der Waals surface area contributed by atoms with Gasteiger partial charge < -0.3 is 10.4 Å². The van der Waals surface area contributed by atoms with E-state index < -0.39 is 6.10 Å². The van der Waals surface area contributed by atoms with Crippen molar-refractivity contribution in [1.82, 2.24) is 10.2 Å². The molecular weight excluding hydrogens is 309 g/mol. The Morgan fingerprint density at radius 1 is 1.37 bits per heavy atom. The van der Waals surface area contributed by atoms with E-state index in [1.807, 2.05) is 0 Å². The molecule has 1 amide bonds. The highest BCUT2D eigenvalue weighted by molar-refractivity contribution is 7.13. The molecule has 1 aromatic carbocycles. The zero-order valence-electron chi connectivity index (χ0n) is 9.51. The van der Waals surface area contributed by atoms with Gasteiger partial charge >= 0.3 is 0 Å². The van der Waals surface area contributed by atoms with Crippen LogP contribution >= 0.6 is 34.5 Å². The van der Waals surface area contributed by atoms with Crippen molar-refractivity contribution < 1.29 is 9.90 Å². The van der Waals surface area contributed by atoms with Gasteiger partial charge in [-0.3, -0.25) is 4.79 Å². The predicted octanol–water partition coefficient (Wildman–Crippen LogP) is 2.91. The molecule has 19 heavy (non-hydrogen) atoms. The molecule has 1 unspecified atom stereocenters. The number of nitrogens with zero attached hydrogens (tertiary/aromatic N) is 2. The van der Waals surface area contributed by atoms with Crippen LogP contribution < -0.4 is 5.32 Å². The lowest BCUT2D eigenvalue weighted by molar-refractivity contribution is -0.118. The van der Waals surface area contributed by atoms with Crippen LogP contribution in [-0.4, -0.2) is 21.2 Å². The fourth-order valence-electron chi connectivity index (χ4n) is 1.46. The second-order valence-corrected chi connectivity index (χ2v) is 5.42. The molecule has 0 bridgehead atoms. The molecule has 0 aliphatic rings. The monoisotopic (exact) mass is 317 g/mol. The molecule has 0 spiro atoms. The van der Waals surface area contributed by atoms with Gasteiger partial charge in [0, 0.05) is 10.0 Å². The minimum atomic E-state index is -0.982.